The highest BCUT2D eigenvalue weighted by Gasteiger charge is 2.30. The number of hydrogen-bond acceptors (Lipinski definition) is 5. The second-order valence-electron chi connectivity index (χ2n) is 8.83. The number of fused-ring (bicyclic) bond motifs is 1. The first-order chi connectivity index (χ1) is 13.9. The minimum absolute atomic E-state index is 0.0944. The van der Waals surface area contributed by atoms with Crippen molar-refractivity contribution in [3.8, 4) is 11.5 Å². The van der Waals surface area contributed by atoms with E-state index in [2.05, 4.69) is 13.0 Å². The maximum Gasteiger partial charge on any atom is 0.339 e. The second kappa shape index (κ2) is 9.23. The third-order valence-corrected chi connectivity index (χ3v) is 5.93. The van der Waals surface area contributed by atoms with Gasteiger partial charge in [-0.05, 0) is 84.1 Å². The van der Waals surface area contributed by atoms with Gasteiger partial charge in [-0.2, -0.15) is 0 Å². The first-order valence-corrected chi connectivity index (χ1v) is 10.3. The van der Waals surface area contributed by atoms with Gasteiger partial charge in [0.05, 0.1) is 17.3 Å². The normalized spacial score (nSPS) is 19.9. The van der Waals surface area contributed by atoms with E-state index in [4.69, 9.17) is 9.47 Å². The number of allylic oxidation sites excluding steroid dienone is 2. The van der Waals surface area contributed by atoms with Crippen LogP contribution in [-0.4, -0.2) is 45.7 Å². The number of carbonyl (C=O) groups is 1. The first kappa shape index (κ1) is 24.0. The molecule has 0 spiro atoms. The molecule has 0 aromatic heterocycles. The fourth-order valence-corrected chi connectivity index (χ4v) is 3.53. The van der Waals surface area contributed by atoms with Gasteiger partial charge in [0, 0.05) is 7.11 Å². The van der Waals surface area contributed by atoms with Gasteiger partial charge in [-0.25, -0.2) is 4.79 Å². The van der Waals surface area contributed by atoms with Gasteiger partial charge in [-0.15, -0.1) is 0 Å². The summed E-state index contributed by atoms with van der Waals surface area (Å²) in [5, 5.41) is 29.9. The number of aromatic hydroxyl groups is 1. The summed E-state index contributed by atoms with van der Waals surface area (Å²) in [7, 11) is 1.60. The lowest BCUT2D eigenvalue weighted by atomic mass is 9.92. The number of rotatable bonds is 9. The van der Waals surface area contributed by atoms with Gasteiger partial charge in [0.2, 0.25) is 0 Å². The van der Waals surface area contributed by atoms with Crippen LogP contribution in [0.25, 0.3) is 6.08 Å². The highest BCUT2D eigenvalue weighted by atomic mass is 16.5. The fourth-order valence-electron chi connectivity index (χ4n) is 3.53. The Bertz CT molecular complexity index is 852. The molecule has 0 aliphatic carbocycles. The monoisotopic (exact) mass is 418 g/mol. The van der Waals surface area contributed by atoms with Crippen molar-refractivity contribution >= 4 is 12.0 Å². The summed E-state index contributed by atoms with van der Waals surface area (Å²) in [6.45, 7) is 9.42. The number of phenols is 1. The number of ether oxygens (including phenoxy) is 2. The van der Waals surface area contributed by atoms with Gasteiger partial charge in [-0.3, -0.25) is 0 Å². The average molecular weight is 419 g/mol. The molecule has 0 amide bonds. The highest BCUT2D eigenvalue weighted by Crippen LogP contribution is 2.41. The summed E-state index contributed by atoms with van der Waals surface area (Å²) in [5.74, 6) is -0.927. The number of aliphatic hydroxyl groups is 1. The Morgan fingerprint density at radius 1 is 1.40 bits per heavy atom. The molecule has 1 heterocycles. The van der Waals surface area contributed by atoms with Crippen LogP contribution in [0.1, 0.15) is 74.9 Å². The molecule has 30 heavy (non-hydrogen) atoms. The Balaban J connectivity index is 2.00. The number of carboxylic acids is 1. The van der Waals surface area contributed by atoms with Crippen LogP contribution in [0.3, 0.4) is 0 Å². The Hall–Kier alpha value is -2.31. The van der Waals surface area contributed by atoms with Gasteiger partial charge >= 0.3 is 5.97 Å². The largest absolute Gasteiger partial charge is 0.506 e. The predicted octanol–water partition coefficient (Wildman–Crippen LogP) is 4.86. The molecule has 166 valence electrons. The van der Waals surface area contributed by atoms with Crippen LogP contribution in [-0.2, 0) is 4.74 Å². The van der Waals surface area contributed by atoms with Crippen molar-refractivity contribution < 1.29 is 29.6 Å². The smallest absolute Gasteiger partial charge is 0.339 e. The lowest BCUT2D eigenvalue weighted by Gasteiger charge is -2.32. The third kappa shape index (κ3) is 5.43. The number of carboxylic acid groups (broad SMARTS) is 1. The zero-order valence-electron chi connectivity index (χ0n) is 18.8. The molecule has 2 atom stereocenters. The van der Waals surface area contributed by atoms with Gasteiger partial charge < -0.3 is 24.8 Å². The summed E-state index contributed by atoms with van der Waals surface area (Å²) in [6.07, 6.45) is 8.17. The van der Waals surface area contributed by atoms with E-state index in [9.17, 15) is 20.1 Å². The van der Waals surface area contributed by atoms with E-state index in [0.29, 0.717) is 23.3 Å². The van der Waals surface area contributed by atoms with Gasteiger partial charge in [0.15, 0.2) is 0 Å². The van der Waals surface area contributed by atoms with Crippen molar-refractivity contribution in [2.24, 2.45) is 0 Å². The molecule has 3 N–H and O–H groups in total. The summed E-state index contributed by atoms with van der Waals surface area (Å²) in [4.78, 5) is 11.4. The van der Waals surface area contributed by atoms with E-state index in [1.165, 1.54) is 5.57 Å². The van der Waals surface area contributed by atoms with Crippen LogP contribution < -0.4 is 4.74 Å². The van der Waals surface area contributed by atoms with Crippen LogP contribution >= 0.6 is 0 Å². The van der Waals surface area contributed by atoms with Crippen LogP contribution in [0.2, 0.25) is 0 Å². The first-order valence-electron chi connectivity index (χ1n) is 10.3. The summed E-state index contributed by atoms with van der Waals surface area (Å²) < 4.78 is 11.5. The molecule has 6 heteroatoms. The molecule has 0 radical (unpaired) electrons. The zero-order chi connectivity index (χ0) is 22.7. The number of aliphatic hydroxyl groups excluding tert-OH is 1. The minimum Gasteiger partial charge on any atom is -0.506 e. The van der Waals surface area contributed by atoms with Gasteiger partial charge in [0.1, 0.15) is 22.7 Å². The summed E-state index contributed by atoms with van der Waals surface area (Å²) >= 11 is 0. The quantitative estimate of drug-likeness (QED) is 0.496. The summed E-state index contributed by atoms with van der Waals surface area (Å²) in [6, 6.07) is 1.67. The van der Waals surface area contributed by atoms with E-state index in [-0.39, 0.29) is 11.3 Å². The predicted molar refractivity (Wildman–Crippen MR) is 117 cm³/mol. The van der Waals surface area contributed by atoms with Gasteiger partial charge in [0.25, 0.3) is 0 Å². The van der Waals surface area contributed by atoms with Crippen molar-refractivity contribution in [1.29, 1.82) is 0 Å². The second-order valence-corrected chi connectivity index (χ2v) is 8.83. The minimum atomic E-state index is -1.16. The standard InChI is InChI=1S/C24H34O6/c1-15(9-10-19(25)23(3,4)29-6)8-7-12-24(5)13-11-17-18(30-24)14-16(2)20(21(17)26)22(27)28/h8,11,13-14,19,25-26H,7,9-10,12H2,1-6H3,(H,27,28)/b15-8+/t19-,24-/m1/s1. The molecule has 0 unspecified atom stereocenters. The average Bonchev–Trinajstić information content (AvgIpc) is 2.65. The molecule has 6 nitrogen and oxygen atoms in total. The lowest BCUT2D eigenvalue weighted by molar-refractivity contribution is -0.0797. The molecule has 1 aliphatic rings. The van der Waals surface area contributed by atoms with E-state index >= 15 is 0 Å². The number of methoxy groups -OCH3 is 1. The molecular weight excluding hydrogens is 384 g/mol. The molecule has 0 saturated carbocycles. The lowest BCUT2D eigenvalue weighted by Crippen LogP contribution is -2.37. The Morgan fingerprint density at radius 3 is 2.67 bits per heavy atom. The molecular formula is C24H34O6. The van der Waals surface area contributed by atoms with E-state index in [1.807, 2.05) is 26.8 Å². The van der Waals surface area contributed by atoms with Crippen LogP contribution in [0, 0.1) is 6.92 Å². The van der Waals surface area contributed by atoms with Crippen molar-refractivity contribution in [1.82, 2.24) is 0 Å². The molecule has 0 saturated heterocycles. The SMILES string of the molecule is COC(C)(C)[C@H](O)CC/C(C)=C/CC[C@]1(C)C=Cc2c(cc(C)c(C(=O)O)c2O)O1. The molecule has 1 aromatic carbocycles. The van der Waals surface area contributed by atoms with Crippen LogP contribution in [0.15, 0.2) is 23.8 Å². The molecule has 1 aromatic rings. The third-order valence-electron chi connectivity index (χ3n) is 5.93. The maximum absolute atomic E-state index is 11.4. The van der Waals surface area contributed by atoms with Crippen molar-refractivity contribution in [3.63, 3.8) is 0 Å². The van der Waals surface area contributed by atoms with E-state index in [0.717, 1.165) is 19.3 Å². The number of aromatic carboxylic acids is 1. The van der Waals surface area contributed by atoms with Crippen LogP contribution in [0.4, 0.5) is 0 Å². The molecule has 2 rings (SSSR count). The Morgan fingerprint density at radius 2 is 2.07 bits per heavy atom. The van der Waals surface area contributed by atoms with E-state index < -0.39 is 23.3 Å². The highest BCUT2D eigenvalue weighted by molar-refractivity contribution is 5.95. The molecule has 1 aliphatic heterocycles. The maximum atomic E-state index is 11.4. The number of aryl methyl sites for hydroxylation is 1. The Labute approximate surface area is 178 Å². The summed E-state index contributed by atoms with van der Waals surface area (Å²) in [5.41, 5.74) is 0.853. The molecule has 0 fully saturated rings. The van der Waals surface area contributed by atoms with Gasteiger partial charge in [-0.1, -0.05) is 11.6 Å². The van der Waals surface area contributed by atoms with Crippen molar-refractivity contribution in [2.45, 2.75) is 77.6 Å². The molecule has 0 bridgehead atoms. The Kier molecular flexibility index (Phi) is 7.37. The number of hydrogen-bond donors (Lipinski definition) is 3. The topological polar surface area (TPSA) is 96.2 Å². The van der Waals surface area contributed by atoms with Crippen LogP contribution in [0.5, 0.6) is 11.5 Å². The fraction of sp³-hybridized carbons (Fsp3) is 0.542. The number of benzene rings is 1. The van der Waals surface area contributed by atoms with Crippen molar-refractivity contribution in [3.05, 3.63) is 40.5 Å². The zero-order valence-corrected chi connectivity index (χ0v) is 18.8. The van der Waals surface area contributed by atoms with E-state index in [1.54, 1.807) is 26.2 Å². The van der Waals surface area contributed by atoms with Crippen molar-refractivity contribution in [2.75, 3.05) is 7.11 Å².